The molecule has 26 heavy (non-hydrogen) atoms. The Kier molecular flexibility index (Phi) is 7.55. The van der Waals surface area contributed by atoms with Crippen LogP contribution in [0.5, 0.6) is 0 Å². The number of amides is 3. The molecule has 3 amide bonds. The van der Waals surface area contributed by atoms with Crippen LogP contribution < -0.4 is 0 Å². The molecule has 0 fully saturated rings. The highest BCUT2D eigenvalue weighted by Gasteiger charge is 2.29. The largest absolute Gasteiger partial charge is 0.347 e. The molecule has 0 aliphatic carbocycles. The molecule has 0 unspecified atom stereocenters. The predicted octanol–water partition coefficient (Wildman–Crippen LogP) is -2.09. The maximum atomic E-state index is 11.8. The van der Waals surface area contributed by atoms with Gasteiger partial charge in [-0.25, -0.2) is 4.79 Å². The highest BCUT2D eigenvalue weighted by molar-refractivity contribution is 7.83. The first kappa shape index (κ1) is 21.4. The molecule has 0 aromatic carbocycles. The van der Waals surface area contributed by atoms with Crippen molar-refractivity contribution in [1.82, 2.24) is 14.3 Å². The number of nitrogens with zero attached hydrogens (tertiary/aromatic N) is 3. The summed E-state index contributed by atoms with van der Waals surface area (Å²) in [7, 11) is -3.75. The van der Waals surface area contributed by atoms with Gasteiger partial charge in [0.05, 0.1) is 0 Å². The SMILES string of the molecule is CN(OC(=O)CN(CCN1C(=O)C=CC1=O)S(=O)(=O)O)C(=O)CCC=O. The molecule has 0 saturated heterocycles. The third-order valence-corrected chi connectivity index (χ3v) is 4.14. The van der Waals surface area contributed by atoms with E-state index < -0.39 is 53.6 Å². The molecule has 1 heterocycles. The molecule has 0 bridgehead atoms. The van der Waals surface area contributed by atoms with Crippen molar-refractivity contribution in [3.8, 4) is 0 Å². The smallest absolute Gasteiger partial charge is 0.337 e. The van der Waals surface area contributed by atoms with Crippen molar-refractivity contribution in [2.75, 3.05) is 26.7 Å². The third kappa shape index (κ3) is 6.34. The van der Waals surface area contributed by atoms with Gasteiger partial charge in [-0.1, -0.05) is 0 Å². The van der Waals surface area contributed by atoms with Gasteiger partial charge in [0, 0.05) is 45.1 Å². The fourth-order valence-corrected chi connectivity index (χ4v) is 2.44. The summed E-state index contributed by atoms with van der Waals surface area (Å²) in [5.41, 5.74) is 0. The van der Waals surface area contributed by atoms with Crippen LogP contribution in [0.4, 0.5) is 0 Å². The molecular formula is C13H17N3O9S. The molecule has 1 rings (SSSR count). The minimum Gasteiger partial charge on any atom is -0.337 e. The first-order valence-corrected chi connectivity index (χ1v) is 8.63. The van der Waals surface area contributed by atoms with Crippen molar-refractivity contribution < 1.29 is 41.8 Å². The van der Waals surface area contributed by atoms with Crippen LogP contribution in [0.25, 0.3) is 0 Å². The summed E-state index contributed by atoms with van der Waals surface area (Å²) in [5, 5.41) is 0.533. The van der Waals surface area contributed by atoms with Crippen molar-refractivity contribution in [1.29, 1.82) is 0 Å². The average molecular weight is 391 g/mol. The maximum absolute atomic E-state index is 11.8. The molecule has 0 saturated carbocycles. The summed E-state index contributed by atoms with van der Waals surface area (Å²) >= 11 is 0. The monoisotopic (exact) mass is 391 g/mol. The fourth-order valence-electron chi connectivity index (χ4n) is 1.86. The Morgan fingerprint density at radius 2 is 1.85 bits per heavy atom. The Morgan fingerprint density at radius 3 is 2.35 bits per heavy atom. The summed E-state index contributed by atoms with van der Waals surface area (Å²) in [6.07, 6.45) is 2.21. The minimum absolute atomic E-state index is 0.0796. The molecule has 144 valence electrons. The maximum Gasteiger partial charge on any atom is 0.347 e. The van der Waals surface area contributed by atoms with Crippen molar-refractivity contribution in [3.63, 3.8) is 0 Å². The summed E-state index contributed by atoms with van der Waals surface area (Å²) in [4.78, 5) is 61.6. The number of hydrogen-bond donors (Lipinski definition) is 1. The second kappa shape index (κ2) is 9.17. The topological polar surface area (TPSA) is 159 Å². The molecule has 0 spiro atoms. The molecule has 1 N–H and O–H groups in total. The van der Waals surface area contributed by atoms with Crippen LogP contribution in [0.2, 0.25) is 0 Å². The summed E-state index contributed by atoms with van der Waals surface area (Å²) in [6, 6.07) is 0. The molecule has 12 nitrogen and oxygen atoms in total. The van der Waals surface area contributed by atoms with Gasteiger partial charge in [-0.05, 0) is 0 Å². The van der Waals surface area contributed by atoms with Crippen molar-refractivity contribution >= 4 is 40.3 Å². The molecule has 0 radical (unpaired) electrons. The molecule has 13 heteroatoms. The summed E-state index contributed by atoms with van der Waals surface area (Å²) in [6.45, 7) is -1.92. The number of hydrogen-bond acceptors (Lipinski definition) is 8. The van der Waals surface area contributed by atoms with Crippen molar-refractivity contribution in [2.45, 2.75) is 12.8 Å². The number of rotatable bonds is 9. The van der Waals surface area contributed by atoms with Gasteiger partial charge in [-0.3, -0.25) is 23.8 Å². The summed E-state index contributed by atoms with van der Waals surface area (Å²) in [5.74, 6) is -3.20. The zero-order valence-electron chi connectivity index (χ0n) is 13.7. The van der Waals surface area contributed by atoms with Gasteiger partial charge in [0.15, 0.2) is 0 Å². The Labute approximate surface area is 148 Å². The van der Waals surface area contributed by atoms with Gasteiger partial charge >= 0.3 is 16.3 Å². The van der Waals surface area contributed by atoms with Crippen LogP contribution in [0.3, 0.4) is 0 Å². The quantitative estimate of drug-likeness (QED) is 0.201. The van der Waals surface area contributed by atoms with E-state index in [9.17, 15) is 32.4 Å². The van der Waals surface area contributed by atoms with E-state index in [1.165, 1.54) is 0 Å². The highest BCUT2D eigenvalue weighted by Crippen LogP contribution is 2.06. The molecule has 0 aromatic heterocycles. The van der Waals surface area contributed by atoms with Gasteiger partial charge in [0.25, 0.3) is 17.7 Å². The molecule has 1 aliphatic rings. The van der Waals surface area contributed by atoms with E-state index in [0.717, 1.165) is 24.1 Å². The van der Waals surface area contributed by atoms with Gasteiger partial charge in [-0.15, -0.1) is 0 Å². The Morgan fingerprint density at radius 1 is 1.27 bits per heavy atom. The lowest BCUT2D eigenvalue weighted by atomic mass is 10.3. The Bertz CT molecular complexity index is 713. The normalized spacial score (nSPS) is 14.0. The van der Waals surface area contributed by atoms with Gasteiger partial charge in [0.1, 0.15) is 12.8 Å². The van der Waals surface area contributed by atoms with E-state index in [1.54, 1.807) is 0 Å². The van der Waals surface area contributed by atoms with E-state index >= 15 is 0 Å². The summed E-state index contributed by atoms with van der Waals surface area (Å²) < 4.78 is 32.1. The van der Waals surface area contributed by atoms with E-state index in [0.29, 0.717) is 11.3 Å². The molecule has 0 aromatic rings. The van der Waals surface area contributed by atoms with E-state index in [1.807, 2.05) is 0 Å². The first-order valence-electron chi connectivity index (χ1n) is 7.23. The second-order valence-corrected chi connectivity index (χ2v) is 6.44. The molecule has 0 atom stereocenters. The van der Waals surface area contributed by atoms with Crippen LogP contribution in [-0.2, 0) is 39.1 Å². The molecule has 1 aliphatic heterocycles. The lowest BCUT2D eigenvalue weighted by Crippen LogP contribution is -2.44. The van der Waals surface area contributed by atoms with Crippen molar-refractivity contribution in [3.05, 3.63) is 12.2 Å². The first-order chi connectivity index (χ1) is 12.1. The van der Waals surface area contributed by atoms with Gasteiger partial charge in [0.2, 0.25) is 0 Å². The van der Waals surface area contributed by atoms with E-state index in [-0.39, 0.29) is 17.1 Å². The van der Waals surface area contributed by atoms with Gasteiger partial charge in [-0.2, -0.15) is 17.8 Å². The minimum atomic E-state index is -4.84. The lowest BCUT2D eigenvalue weighted by molar-refractivity contribution is -0.192. The second-order valence-electron chi connectivity index (χ2n) is 5.03. The van der Waals surface area contributed by atoms with E-state index in [2.05, 4.69) is 4.84 Å². The van der Waals surface area contributed by atoms with Crippen LogP contribution in [0.1, 0.15) is 12.8 Å². The number of aldehydes is 1. The van der Waals surface area contributed by atoms with Crippen LogP contribution in [0.15, 0.2) is 12.2 Å². The van der Waals surface area contributed by atoms with Crippen LogP contribution in [0, 0.1) is 0 Å². The fraction of sp³-hybridized carbons (Fsp3) is 0.462. The van der Waals surface area contributed by atoms with Crippen LogP contribution >= 0.6 is 0 Å². The molecular weight excluding hydrogens is 374 g/mol. The van der Waals surface area contributed by atoms with Gasteiger partial charge < -0.3 is 9.63 Å². The number of imide groups is 1. The number of hydroxylamine groups is 2. The number of carbonyl (C=O) groups is 5. The lowest BCUT2D eigenvalue weighted by Gasteiger charge is -2.22. The standard InChI is InChI=1S/C13H17N3O9S/c1-14(10(18)3-2-8-17)25-13(21)9-15(26(22,23)24)6-7-16-11(19)4-5-12(16)20/h4-5,8H,2-3,6-7,9H2,1H3,(H,22,23,24). The Hall–Kier alpha value is -2.64. The zero-order valence-corrected chi connectivity index (χ0v) is 14.5. The predicted molar refractivity (Wildman–Crippen MR) is 83.1 cm³/mol. The van der Waals surface area contributed by atoms with Crippen LogP contribution in [-0.4, -0.2) is 83.9 Å². The Balaban J connectivity index is 2.63. The van der Waals surface area contributed by atoms with Crippen molar-refractivity contribution in [2.24, 2.45) is 0 Å². The zero-order chi connectivity index (χ0) is 19.9. The number of carbonyl (C=O) groups excluding carboxylic acids is 5. The highest BCUT2D eigenvalue weighted by atomic mass is 32.2. The third-order valence-electron chi connectivity index (χ3n) is 3.17. The van der Waals surface area contributed by atoms with E-state index in [4.69, 9.17) is 4.55 Å². The average Bonchev–Trinajstić information content (AvgIpc) is 2.86.